The molecule has 1 fully saturated rings. The Kier molecular flexibility index (Phi) is 6.53. The highest BCUT2D eigenvalue weighted by Gasteiger charge is 2.43. The molecule has 0 aliphatic carbocycles. The predicted octanol–water partition coefficient (Wildman–Crippen LogP) is 4.83. The van der Waals surface area contributed by atoms with E-state index >= 15 is 0 Å². The number of likely N-dealkylation sites (tertiary alicyclic amines) is 1. The van der Waals surface area contributed by atoms with Crippen LogP contribution in [0.4, 0.5) is 0 Å². The normalized spacial score (nSPS) is 23.5. The lowest BCUT2D eigenvalue weighted by molar-refractivity contribution is -0.144. The second-order valence-electron chi connectivity index (χ2n) is 8.95. The molecule has 3 nitrogen and oxygen atoms in total. The fourth-order valence-electron chi connectivity index (χ4n) is 5.12. The number of hydrogen-bond acceptors (Lipinski definition) is 2. The van der Waals surface area contributed by atoms with Gasteiger partial charge in [-0.3, -0.25) is 4.79 Å². The number of carbonyl (C=O) groups is 1. The Morgan fingerprint density at radius 3 is 1.94 bits per heavy atom. The van der Waals surface area contributed by atoms with Gasteiger partial charge in [0.1, 0.15) is 0 Å². The third-order valence-corrected chi connectivity index (χ3v) is 6.34. The van der Waals surface area contributed by atoms with Gasteiger partial charge in [0.2, 0.25) is 5.91 Å². The van der Waals surface area contributed by atoms with Crippen LogP contribution in [0.2, 0.25) is 0 Å². The Morgan fingerprint density at radius 2 is 1.35 bits per heavy atom. The molecule has 1 aliphatic rings. The van der Waals surface area contributed by atoms with E-state index in [0.29, 0.717) is 25.7 Å². The Labute approximate surface area is 185 Å². The standard InChI is InChI=1S/C28H31NO2/c1-22-19-28(31,20-25-15-9-4-10-16-25)21-26(17-23-11-5-2-6-12-23)29(22)27(30)18-24-13-7-3-8-14-24/h2-16,22,26,31H,17-21H2,1H3/t22-,26+,28-/m1/s1. The fourth-order valence-corrected chi connectivity index (χ4v) is 5.12. The van der Waals surface area contributed by atoms with Crippen molar-refractivity contribution in [2.45, 2.75) is 56.7 Å². The lowest BCUT2D eigenvalue weighted by atomic mass is 9.77. The van der Waals surface area contributed by atoms with Crippen LogP contribution in [0.5, 0.6) is 0 Å². The van der Waals surface area contributed by atoms with Gasteiger partial charge in [0, 0.05) is 18.5 Å². The van der Waals surface area contributed by atoms with Crippen LogP contribution in [0.15, 0.2) is 91.0 Å². The molecule has 1 saturated heterocycles. The van der Waals surface area contributed by atoms with E-state index in [9.17, 15) is 9.90 Å². The van der Waals surface area contributed by atoms with Crippen LogP contribution in [-0.4, -0.2) is 33.6 Å². The third kappa shape index (κ3) is 5.42. The molecule has 3 aromatic rings. The van der Waals surface area contributed by atoms with Gasteiger partial charge >= 0.3 is 0 Å². The first-order valence-corrected chi connectivity index (χ1v) is 11.2. The van der Waals surface area contributed by atoms with Crippen LogP contribution in [0.1, 0.15) is 36.5 Å². The molecule has 3 aromatic carbocycles. The summed E-state index contributed by atoms with van der Waals surface area (Å²) in [7, 11) is 0. The third-order valence-electron chi connectivity index (χ3n) is 6.34. The predicted molar refractivity (Wildman–Crippen MR) is 125 cm³/mol. The van der Waals surface area contributed by atoms with Gasteiger partial charge in [-0.25, -0.2) is 0 Å². The van der Waals surface area contributed by atoms with Gasteiger partial charge in [-0.05, 0) is 42.9 Å². The van der Waals surface area contributed by atoms with Crippen molar-refractivity contribution in [2.75, 3.05) is 0 Å². The van der Waals surface area contributed by atoms with Crippen molar-refractivity contribution in [3.8, 4) is 0 Å². The summed E-state index contributed by atoms with van der Waals surface area (Å²) >= 11 is 0. The first kappa shape index (κ1) is 21.3. The van der Waals surface area contributed by atoms with Crippen molar-refractivity contribution >= 4 is 5.91 Å². The summed E-state index contributed by atoms with van der Waals surface area (Å²) in [5.74, 6) is 0.140. The average Bonchev–Trinajstić information content (AvgIpc) is 2.75. The van der Waals surface area contributed by atoms with Gasteiger partial charge in [0.05, 0.1) is 12.0 Å². The van der Waals surface area contributed by atoms with E-state index < -0.39 is 5.60 Å². The van der Waals surface area contributed by atoms with Crippen LogP contribution in [0.3, 0.4) is 0 Å². The van der Waals surface area contributed by atoms with E-state index in [4.69, 9.17) is 0 Å². The Balaban J connectivity index is 1.58. The van der Waals surface area contributed by atoms with E-state index in [0.717, 1.165) is 17.5 Å². The minimum absolute atomic E-state index is 0.0209. The second kappa shape index (κ2) is 9.49. The number of benzene rings is 3. The fraction of sp³-hybridized carbons (Fsp3) is 0.321. The van der Waals surface area contributed by atoms with E-state index in [1.807, 2.05) is 71.6 Å². The van der Waals surface area contributed by atoms with E-state index in [2.05, 4.69) is 31.2 Å². The van der Waals surface area contributed by atoms with Crippen LogP contribution in [-0.2, 0) is 24.1 Å². The van der Waals surface area contributed by atoms with Crippen molar-refractivity contribution in [2.24, 2.45) is 0 Å². The molecule has 1 N–H and O–H groups in total. The quantitative estimate of drug-likeness (QED) is 0.629. The average molecular weight is 414 g/mol. The maximum absolute atomic E-state index is 13.4. The van der Waals surface area contributed by atoms with Gasteiger partial charge < -0.3 is 10.0 Å². The van der Waals surface area contributed by atoms with Crippen LogP contribution < -0.4 is 0 Å². The largest absolute Gasteiger partial charge is 0.389 e. The maximum atomic E-state index is 13.4. The van der Waals surface area contributed by atoms with Crippen molar-refractivity contribution in [1.82, 2.24) is 4.90 Å². The number of carbonyl (C=O) groups excluding carboxylic acids is 1. The highest BCUT2D eigenvalue weighted by atomic mass is 16.3. The highest BCUT2D eigenvalue weighted by molar-refractivity contribution is 5.79. The molecule has 4 rings (SSSR count). The summed E-state index contributed by atoms with van der Waals surface area (Å²) in [6, 6.07) is 30.3. The van der Waals surface area contributed by atoms with Crippen molar-refractivity contribution in [3.63, 3.8) is 0 Å². The lowest BCUT2D eigenvalue weighted by Crippen LogP contribution is -2.58. The van der Waals surface area contributed by atoms with E-state index in [1.54, 1.807) is 0 Å². The van der Waals surface area contributed by atoms with Crippen LogP contribution >= 0.6 is 0 Å². The molecular formula is C28H31NO2. The number of piperidine rings is 1. The first-order valence-electron chi connectivity index (χ1n) is 11.2. The van der Waals surface area contributed by atoms with E-state index in [-0.39, 0.29) is 18.0 Å². The summed E-state index contributed by atoms with van der Waals surface area (Å²) in [6.45, 7) is 2.08. The van der Waals surface area contributed by atoms with Crippen LogP contribution in [0.25, 0.3) is 0 Å². The Hall–Kier alpha value is -2.91. The molecule has 160 valence electrons. The molecule has 1 aliphatic heterocycles. The summed E-state index contributed by atoms with van der Waals surface area (Å²) in [5.41, 5.74) is 2.55. The summed E-state index contributed by atoms with van der Waals surface area (Å²) in [4.78, 5) is 15.4. The molecule has 0 aromatic heterocycles. The molecule has 0 saturated carbocycles. The first-order chi connectivity index (χ1) is 15.0. The monoisotopic (exact) mass is 413 g/mol. The smallest absolute Gasteiger partial charge is 0.227 e. The Bertz CT molecular complexity index is 974. The van der Waals surface area contributed by atoms with Crippen molar-refractivity contribution in [1.29, 1.82) is 0 Å². The number of nitrogens with zero attached hydrogens (tertiary/aromatic N) is 1. The van der Waals surface area contributed by atoms with Gasteiger partial charge in [-0.2, -0.15) is 0 Å². The summed E-state index contributed by atoms with van der Waals surface area (Å²) < 4.78 is 0. The summed E-state index contributed by atoms with van der Waals surface area (Å²) in [6.07, 6.45) is 2.94. The molecule has 31 heavy (non-hydrogen) atoms. The van der Waals surface area contributed by atoms with Crippen molar-refractivity contribution in [3.05, 3.63) is 108 Å². The van der Waals surface area contributed by atoms with E-state index in [1.165, 1.54) is 5.56 Å². The van der Waals surface area contributed by atoms with Gasteiger partial charge in [0.15, 0.2) is 0 Å². The lowest BCUT2D eigenvalue weighted by Gasteiger charge is -2.48. The minimum Gasteiger partial charge on any atom is -0.389 e. The molecule has 0 unspecified atom stereocenters. The van der Waals surface area contributed by atoms with Gasteiger partial charge in [0.25, 0.3) is 0 Å². The molecule has 3 heteroatoms. The zero-order valence-corrected chi connectivity index (χ0v) is 18.2. The van der Waals surface area contributed by atoms with Gasteiger partial charge in [-0.15, -0.1) is 0 Å². The molecule has 0 spiro atoms. The zero-order chi connectivity index (χ0) is 21.7. The number of rotatable bonds is 6. The topological polar surface area (TPSA) is 40.5 Å². The molecular weight excluding hydrogens is 382 g/mol. The number of amides is 1. The zero-order valence-electron chi connectivity index (χ0n) is 18.2. The SMILES string of the molecule is C[C@@H]1C[C@@](O)(Cc2ccccc2)C[C@H](Cc2ccccc2)N1C(=O)Cc1ccccc1. The molecule has 3 atom stereocenters. The number of hydrogen-bond donors (Lipinski definition) is 1. The van der Waals surface area contributed by atoms with Crippen LogP contribution in [0, 0.1) is 0 Å². The summed E-state index contributed by atoms with van der Waals surface area (Å²) in [5, 5.41) is 11.6. The molecule has 0 bridgehead atoms. The number of aliphatic hydroxyl groups is 1. The highest BCUT2D eigenvalue weighted by Crippen LogP contribution is 2.35. The van der Waals surface area contributed by atoms with Crippen molar-refractivity contribution < 1.29 is 9.90 Å². The minimum atomic E-state index is -0.816. The molecule has 1 heterocycles. The van der Waals surface area contributed by atoms with Gasteiger partial charge in [-0.1, -0.05) is 91.0 Å². The molecule has 0 radical (unpaired) electrons. The Morgan fingerprint density at radius 1 is 0.839 bits per heavy atom. The maximum Gasteiger partial charge on any atom is 0.227 e. The second-order valence-corrected chi connectivity index (χ2v) is 8.95. The molecule has 1 amide bonds.